The highest BCUT2D eigenvalue weighted by atomic mass is 32.1. The molecule has 0 aliphatic rings. The van der Waals surface area contributed by atoms with Gasteiger partial charge < -0.3 is 10.6 Å². The minimum atomic E-state index is -0.478. The zero-order chi connectivity index (χ0) is 23.2. The van der Waals surface area contributed by atoms with Crippen molar-refractivity contribution in [2.45, 2.75) is 47.6 Å². The Morgan fingerprint density at radius 3 is 2.34 bits per heavy atom. The van der Waals surface area contributed by atoms with Crippen LogP contribution in [-0.4, -0.2) is 32.6 Å². The van der Waals surface area contributed by atoms with E-state index in [4.69, 9.17) is 9.97 Å². The lowest BCUT2D eigenvalue weighted by molar-refractivity contribution is 0.240. The van der Waals surface area contributed by atoms with Gasteiger partial charge in [0.25, 0.3) is 0 Å². The van der Waals surface area contributed by atoms with Gasteiger partial charge in [0.1, 0.15) is 22.5 Å². The fraction of sp³-hybridized carbons (Fsp3) is 0.333. The lowest BCUT2D eigenvalue weighted by Crippen LogP contribution is -2.36. The summed E-state index contributed by atoms with van der Waals surface area (Å²) >= 11 is 1.49. The Balaban J connectivity index is 2.05. The first-order valence-electron chi connectivity index (χ1n) is 10.5. The molecule has 0 fully saturated rings. The van der Waals surface area contributed by atoms with E-state index < -0.39 is 6.04 Å². The Hall–Kier alpha value is -3.26. The maximum atomic E-state index is 12.3. The Labute approximate surface area is 191 Å². The van der Waals surface area contributed by atoms with Gasteiger partial charge in [-0.1, -0.05) is 17.7 Å². The van der Waals surface area contributed by atoms with E-state index in [0.29, 0.717) is 5.82 Å². The highest BCUT2D eigenvalue weighted by molar-refractivity contribution is 7.09. The summed E-state index contributed by atoms with van der Waals surface area (Å²) < 4.78 is 2.23. The molecule has 4 rings (SSSR count). The number of fused-ring (bicyclic) bond motifs is 1. The van der Waals surface area contributed by atoms with Gasteiger partial charge >= 0.3 is 6.03 Å². The van der Waals surface area contributed by atoms with Crippen LogP contribution in [0.1, 0.15) is 50.5 Å². The van der Waals surface area contributed by atoms with E-state index in [9.17, 15) is 4.79 Å². The molecule has 7 nitrogen and oxygen atoms in total. The van der Waals surface area contributed by atoms with E-state index in [2.05, 4.69) is 66.9 Å². The molecule has 2 N–H and O–H groups in total. The number of urea groups is 1. The minimum absolute atomic E-state index is 0.284. The van der Waals surface area contributed by atoms with Crippen molar-refractivity contribution in [1.82, 2.24) is 30.2 Å². The normalized spacial score (nSPS) is 12.2. The predicted molar refractivity (Wildman–Crippen MR) is 129 cm³/mol. The average molecular weight is 449 g/mol. The second-order valence-electron chi connectivity index (χ2n) is 8.17. The molecule has 32 heavy (non-hydrogen) atoms. The van der Waals surface area contributed by atoms with Crippen molar-refractivity contribution >= 4 is 28.4 Å². The molecule has 4 aromatic rings. The van der Waals surface area contributed by atoms with Gasteiger partial charge in [0.2, 0.25) is 0 Å². The fourth-order valence-electron chi connectivity index (χ4n) is 4.44. The lowest BCUT2D eigenvalue weighted by Gasteiger charge is -2.18. The molecule has 0 bridgehead atoms. The van der Waals surface area contributed by atoms with Crippen LogP contribution in [0.15, 0.2) is 23.7 Å². The topological polar surface area (TPSA) is 84.7 Å². The zero-order valence-electron chi connectivity index (χ0n) is 19.5. The molecule has 0 aliphatic heterocycles. The summed E-state index contributed by atoms with van der Waals surface area (Å²) in [6, 6.07) is 3.63. The van der Waals surface area contributed by atoms with Crippen molar-refractivity contribution in [2.75, 3.05) is 7.05 Å². The predicted octanol–water partition coefficient (Wildman–Crippen LogP) is 4.75. The molecular formula is C24H28N6OS. The van der Waals surface area contributed by atoms with Crippen LogP contribution in [0.3, 0.4) is 0 Å². The van der Waals surface area contributed by atoms with Crippen LogP contribution in [0.4, 0.5) is 4.79 Å². The van der Waals surface area contributed by atoms with Gasteiger partial charge in [-0.2, -0.15) is 0 Å². The number of thiazole rings is 1. The molecule has 0 spiro atoms. The molecule has 3 heterocycles. The van der Waals surface area contributed by atoms with Crippen LogP contribution < -0.4 is 10.6 Å². The van der Waals surface area contributed by atoms with E-state index in [-0.39, 0.29) is 6.03 Å². The highest BCUT2D eigenvalue weighted by Crippen LogP contribution is 2.36. The second-order valence-corrected chi connectivity index (χ2v) is 9.10. The molecule has 166 valence electrons. The van der Waals surface area contributed by atoms with Gasteiger partial charge in [0, 0.05) is 29.7 Å². The second kappa shape index (κ2) is 8.35. The molecule has 0 saturated carbocycles. The SMILES string of the molecule is CNC(=O)NC(c1nccs1)c1nc(C)nc2c1c(C)c(C)n2-c1c(C)cc(C)cc1C. The van der Waals surface area contributed by atoms with Crippen molar-refractivity contribution in [2.24, 2.45) is 0 Å². The molecule has 0 saturated heterocycles. The van der Waals surface area contributed by atoms with Gasteiger partial charge in [0.15, 0.2) is 0 Å². The molecular weight excluding hydrogens is 420 g/mol. The van der Waals surface area contributed by atoms with Crippen LogP contribution in [0.5, 0.6) is 0 Å². The number of nitrogens with zero attached hydrogens (tertiary/aromatic N) is 4. The molecule has 1 atom stereocenters. The first-order chi connectivity index (χ1) is 15.2. The van der Waals surface area contributed by atoms with Crippen LogP contribution in [0.2, 0.25) is 0 Å². The summed E-state index contributed by atoms with van der Waals surface area (Å²) in [4.78, 5) is 26.5. The van der Waals surface area contributed by atoms with Gasteiger partial charge in [-0.25, -0.2) is 19.7 Å². The molecule has 8 heteroatoms. The third-order valence-corrected chi connectivity index (χ3v) is 6.67. The Morgan fingerprint density at radius 1 is 1.06 bits per heavy atom. The number of aryl methyl sites for hydroxylation is 5. The average Bonchev–Trinajstić information content (AvgIpc) is 3.34. The first kappa shape index (κ1) is 22.0. The monoisotopic (exact) mass is 448 g/mol. The standard InChI is InChI=1S/C24H28N6OS/c1-12-10-13(2)21(14(3)11-12)30-16(5)15(4)18-19(27-17(6)28-22(18)30)20(29-24(31)25-7)23-26-8-9-32-23/h8-11,20H,1-7H3,(H2,25,29,31). The molecule has 1 unspecified atom stereocenters. The van der Waals surface area contributed by atoms with E-state index >= 15 is 0 Å². The Morgan fingerprint density at radius 2 is 1.75 bits per heavy atom. The third-order valence-electron chi connectivity index (χ3n) is 5.83. The lowest BCUT2D eigenvalue weighted by atomic mass is 10.0. The number of aromatic nitrogens is 4. The van der Waals surface area contributed by atoms with Gasteiger partial charge in [-0.3, -0.25) is 4.57 Å². The first-order valence-corrected chi connectivity index (χ1v) is 11.4. The van der Waals surface area contributed by atoms with Crippen molar-refractivity contribution in [3.05, 3.63) is 68.2 Å². The third kappa shape index (κ3) is 3.64. The Kier molecular flexibility index (Phi) is 5.73. The molecule has 0 aliphatic carbocycles. The van der Waals surface area contributed by atoms with Crippen molar-refractivity contribution in [3.8, 4) is 5.69 Å². The molecule has 2 amide bonds. The number of benzene rings is 1. The summed E-state index contributed by atoms with van der Waals surface area (Å²) in [5, 5.41) is 9.30. The van der Waals surface area contributed by atoms with Gasteiger partial charge in [-0.15, -0.1) is 11.3 Å². The summed E-state index contributed by atoms with van der Waals surface area (Å²) in [7, 11) is 1.60. The number of rotatable bonds is 4. The number of carbonyl (C=O) groups excluding carboxylic acids is 1. The van der Waals surface area contributed by atoms with Crippen LogP contribution in [0, 0.1) is 41.5 Å². The highest BCUT2D eigenvalue weighted by Gasteiger charge is 2.28. The van der Waals surface area contributed by atoms with E-state index in [0.717, 1.165) is 38.7 Å². The number of hydrogen-bond donors (Lipinski definition) is 2. The van der Waals surface area contributed by atoms with Crippen LogP contribution in [-0.2, 0) is 0 Å². The summed E-state index contributed by atoms with van der Waals surface area (Å²) in [5.74, 6) is 0.647. The summed E-state index contributed by atoms with van der Waals surface area (Å²) in [6.07, 6.45) is 1.74. The van der Waals surface area contributed by atoms with E-state index in [1.807, 2.05) is 12.3 Å². The minimum Gasteiger partial charge on any atom is -0.341 e. The largest absolute Gasteiger partial charge is 0.341 e. The smallest absolute Gasteiger partial charge is 0.315 e. The molecule has 0 radical (unpaired) electrons. The van der Waals surface area contributed by atoms with Crippen LogP contribution in [0.25, 0.3) is 16.7 Å². The number of nitrogens with one attached hydrogen (secondary N) is 2. The summed E-state index contributed by atoms with van der Waals surface area (Å²) in [5.41, 5.74) is 8.56. The van der Waals surface area contributed by atoms with Gasteiger partial charge in [0.05, 0.1) is 11.4 Å². The summed E-state index contributed by atoms with van der Waals surface area (Å²) in [6.45, 7) is 12.5. The van der Waals surface area contributed by atoms with Crippen LogP contribution >= 0.6 is 11.3 Å². The number of hydrogen-bond acceptors (Lipinski definition) is 5. The van der Waals surface area contributed by atoms with Gasteiger partial charge in [-0.05, 0) is 58.2 Å². The fourth-order valence-corrected chi connectivity index (χ4v) is 5.13. The Bertz CT molecular complexity index is 1300. The van der Waals surface area contributed by atoms with Crippen molar-refractivity contribution in [3.63, 3.8) is 0 Å². The quantitative estimate of drug-likeness (QED) is 0.472. The van der Waals surface area contributed by atoms with Crippen molar-refractivity contribution < 1.29 is 4.79 Å². The van der Waals surface area contributed by atoms with E-state index in [1.54, 1.807) is 13.2 Å². The molecule has 1 aromatic carbocycles. The molecule has 3 aromatic heterocycles. The van der Waals surface area contributed by atoms with E-state index in [1.165, 1.54) is 28.0 Å². The maximum Gasteiger partial charge on any atom is 0.315 e. The maximum absolute atomic E-state index is 12.3. The zero-order valence-corrected chi connectivity index (χ0v) is 20.3. The van der Waals surface area contributed by atoms with Crippen molar-refractivity contribution in [1.29, 1.82) is 0 Å². The number of amides is 2. The number of carbonyl (C=O) groups is 1.